The predicted octanol–water partition coefficient (Wildman–Crippen LogP) is 3.53. The van der Waals surface area contributed by atoms with Gasteiger partial charge in [-0.25, -0.2) is 0 Å². The lowest BCUT2D eigenvalue weighted by Gasteiger charge is -2.31. The molecule has 0 aliphatic carbocycles. The average Bonchev–Trinajstić information content (AvgIpc) is 2.67. The highest BCUT2D eigenvalue weighted by molar-refractivity contribution is 7.99. The molecular formula is C19H23NO3S. The molecular weight excluding hydrogens is 322 g/mol. The Bertz CT molecular complexity index is 641. The number of thioether (sulfide) groups is 1. The molecule has 2 aromatic rings. The second-order valence-electron chi connectivity index (χ2n) is 5.58. The quantitative estimate of drug-likeness (QED) is 0.811. The molecule has 5 heteroatoms. The number of para-hydroxylation sites is 1. The van der Waals surface area contributed by atoms with Crippen molar-refractivity contribution < 1.29 is 14.2 Å². The minimum absolute atomic E-state index is 0.113. The normalized spacial score (nSPS) is 18.8. The van der Waals surface area contributed by atoms with Gasteiger partial charge < -0.3 is 19.5 Å². The molecule has 0 spiro atoms. The van der Waals surface area contributed by atoms with Gasteiger partial charge in [0, 0.05) is 13.1 Å². The van der Waals surface area contributed by atoms with Crippen molar-refractivity contribution in [3.8, 4) is 11.5 Å². The Kier molecular flexibility index (Phi) is 6.01. The van der Waals surface area contributed by atoms with Crippen LogP contribution in [-0.2, 0) is 4.74 Å². The number of methoxy groups -OCH3 is 2. The first kappa shape index (κ1) is 17.1. The summed E-state index contributed by atoms with van der Waals surface area (Å²) in [6.07, 6.45) is 0.113. The van der Waals surface area contributed by atoms with E-state index >= 15 is 0 Å². The summed E-state index contributed by atoms with van der Waals surface area (Å²) in [5.41, 5.74) is 1.22. The topological polar surface area (TPSA) is 39.7 Å². The molecule has 24 heavy (non-hydrogen) atoms. The number of nitrogens with one attached hydrogen (secondary N) is 1. The molecule has 0 saturated carbocycles. The molecule has 2 aromatic carbocycles. The maximum atomic E-state index is 6.04. The van der Waals surface area contributed by atoms with Crippen LogP contribution in [0.3, 0.4) is 0 Å². The van der Waals surface area contributed by atoms with Crippen molar-refractivity contribution in [1.29, 1.82) is 0 Å². The van der Waals surface area contributed by atoms with Crippen molar-refractivity contribution in [2.45, 2.75) is 16.2 Å². The van der Waals surface area contributed by atoms with Crippen molar-refractivity contribution in [3.63, 3.8) is 0 Å². The molecule has 0 unspecified atom stereocenters. The summed E-state index contributed by atoms with van der Waals surface area (Å²) < 4.78 is 16.8. The number of hydrogen-bond donors (Lipinski definition) is 1. The number of hydrogen-bond acceptors (Lipinski definition) is 5. The first-order valence-electron chi connectivity index (χ1n) is 8.08. The lowest BCUT2D eigenvalue weighted by molar-refractivity contribution is 0.0273. The number of ether oxygens (including phenoxy) is 3. The van der Waals surface area contributed by atoms with Crippen LogP contribution < -0.4 is 14.8 Å². The van der Waals surface area contributed by atoms with Gasteiger partial charge in [-0.15, -0.1) is 11.8 Å². The summed E-state index contributed by atoms with van der Waals surface area (Å²) >= 11 is 1.78. The van der Waals surface area contributed by atoms with E-state index in [1.165, 1.54) is 5.56 Å². The summed E-state index contributed by atoms with van der Waals surface area (Å²) in [4.78, 5) is 1.12. The van der Waals surface area contributed by atoms with E-state index in [0.29, 0.717) is 0 Å². The zero-order valence-electron chi connectivity index (χ0n) is 14.0. The molecule has 0 radical (unpaired) electrons. The van der Waals surface area contributed by atoms with Crippen LogP contribution in [0.15, 0.2) is 53.4 Å². The Morgan fingerprint density at radius 3 is 2.54 bits per heavy atom. The van der Waals surface area contributed by atoms with Crippen LogP contribution in [0.25, 0.3) is 0 Å². The van der Waals surface area contributed by atoms with Gasteiger partial charge in [-0.05, 0) is 29.8 Å². The number of morpholine rings is 1. The monoisotopic (exact) mass is 345 g/mol. The van der Waals surface area contributed by atoms with E-state index in [-0.39, 0.29) is 11.4 Å². The smallest absolute Gasteiger partial charge is 0.132 e. The molecule has 4 nitrogen and oxygen atoms in total. The summed E-state index contributed by atoms with van der Waals surface area (Å²) in [6, 6.07) is 16.3. The van der Waals surface area contributed by atoms with E-state index in [1.54, 1.807) is 26.0 Å². The van der Waals surface area contributed by atoms with Crippen LogP contribution in [-0.4, -0.2) is 40.0 Å². The molecule has 2 atom stereocenters. The predicted molar refractivity (Wildman–Crippen MR) is 97.2 cm³/mol. The molecule has 0 aromatic heterocycles. The van der Waals surface area contributed by atoms with Crippen LogP contribution in [0.4, 0.5) is 0 Å². The molecule has 128 valence electrons. The molecule has 1 N–H and O–H groups in total. The molecule has 1 aliphatic heterocycles. The molecule has 1 fully saturated rings. The van der Waals surface area contributed by atoms with Gasteiger partial charge in [0.25, 0.3) is 0 Å². The van der Waals surface area contributed by atoms with Gasteiger partial charge in [-0.3, -0.25) is 0 Å². The number of rotatable bonds is 6. The number of benzene rings is 2. The molecule has 3 rings (SSSR count). The Morgan fingerprint density at radius 2 is 1.88 bits per heavy atom. The minimum atomic E-state index is 0.113. The third kappa shape index (κ3) is 4.04. The minimum Gasteiger partial charge on any atom is -0.497 e. The van der Waals surface area contributed by atoms with Crippen LogP contribution in [0, 0.1) is 0 Å². The third-order valence-electron chi connectivity index (χ3n) is 4.06. The van der Waals surface area contributed by atoms with Crippen molar-refractivity contribution in [1.82, 2.24) is 5.32 Å². The Labute approximate surface area is 147 Å². The SMILES string of the molecule is COc1ccc([C@@H](Sc2ccccc2OC)[C@H]2CNCCO2)cc1. The fourth-order valence-corrected chi connectivity index (χ4v) is 4.10. The average molecular weight is 345 g/mol. The van der Waals surface area contributed by atoms with Gasteiger partial charge in [0.1, 0.15) is 11.5 Å². The zero-order chi connectivity index (χ0) is 16.8. The highest BCUT2D eigenvalue weighted by Crippen LogP contribution is 2.43. The Hall–Kier alpha value is -1.69. The van der Waals surface area contributed by atoms with E-state index in [0.717, 1.165) is 36.1 Å². The van der Waals surface area contributed by atoms with E-state index in [4.69, 9.17) is 14.2 Å². The van der Waals surface area contributed by atoms with Crippen LogP contribution in [0.2, 0.25) is 0 Å². The van der Waals surface area contributed by atoms with Crippen molar-refractivity contribution in [3.05, 3.63) is 54.1 Å². The van der Waals surface area contributed by atoms with E-state index in [1.807, 2.05) is 30.3 Å². The van der Waals surface area contributed by atoms with Gasteiger partial charge in [0.15, 0.2) is 0 Å². The van der Waals surface area contributed by atoms with Crippen LogP contribution >= 0.6 is 11.8 Å². The Balaban J connectivity index is 1.88. The van der Waals surface area contributed by atoms with Crippen molar-refractivity contribution >= 4 is 11.8 Å². The Morgan fingerprint density at radius 1 is 1.08 bits per heavy atom. The second kappa shape index (κ2) is 8.42. The lowest BCUT2D eigenvalue weighted by Crippen LogP contribution is -2.41. The fourth-order valence-electron chi connectivity index (χ4n) is 2.79. The van der Waals surface area contributed by atoms with Crippen LogP contribution in [0.1, 0.15) is 10.8 Å². The largest absolute Gasteiger partial charge is 0.497 e. The van der Waals surface area contributed by atoms with Gasteiger partial charge in [-0.1, -0.05) is 24.3 Å². The second-order valence-corrected chi connectivity index (χ2v) is 6.76. The third-order valence-corrected chi connectivity index (χ3v) is 5.48. The van der Waals surface area contributed by atoms with Gasteiger partial charge in [0.2, 0.25) is 0 Å². The summed E-state index contributed by atoms with van der Waals surface area (Å²) in [7, 11) is 3.39. The van der Waals surface area contributed by atoms with Gasteiger partial charge in [-0.2, -0.15) is 0 Å². The van der Waals surface area contributed by atoms with E-state index in [9.17, 15) is 0 Å². The standard InChI is InChI=1S/C19H23NO3S/c1-21-15-9-7-14(8-10-15)19(17-13-20-11-12-23-17)24-18-6-4-3-5-16(18)22-2/h3-10,17,19-20H,11-13H2,1-2H3/t17-,19-/m1/s1. The van der Waals surface area contributed by atoms with E-state index < -0.39 is 0 Å². The van der Waals surface area contributed by atoms with Crippen LogP contribution in [0.5, 0.6) is 11.5 Å². The summed E-state index contributed by atoms with van der Waals surface area (Å²) in [5, 5.41) is 3.61. The molecule has 0 amide bonds. The summed E-state index contributed by atoms with van der Waals surface area (Å²) in [5.74, 6) is 1.76. The maximum Gasteiger partial charge on any atom is 0.132 e. The highest BCUT2D eigenvalue weighted by Gasteiger charge is 2.28. The first-order chi connectivity index (χ1) is 11.8. The highest BCUT2D eigenvalue weighted by atomic mass is 32.2. The van der Waals surface area contributed by atoms with Crippen molar-refractivity contribution in [2.24, 2.45) is 0 Å². The molecule has 1 heterocycles. The van der Waals surface area contributed by atoms with Gasteiger partial charge >= 0.3 is 0 Å². The van der Waals surface area contributed by atoms with E-state index in [2.05, 4.69) is 23.5 Å². The lowest BCUT2D eigenvalue weighted by atomic mass is 10.1. The fraction of sp³-hybridized carbons (Fsp3) is 0.368. The van der Waals surface area contributed by atoms with Crippen molar-refractivity contribution in [2.75, 3.05) is 33.9 Å². The molecule has 1 aliphatic rings. The zero-order valence-corrected chi connectivity index (χ0v) is 14.8. The van der Waals surface area contributed by atoms with Gasteiger partial charge in [0.05, 0.1) is 37.1 Å². The maximum absolute atomic E-state index is 6.04. The molecule has 1 saturated heterocycles. The summed E-state index contributed by atoms with van der Waals surface area (Å²) in [6.45, 7) is 2.49. The first-order valence-corrected chi connectivity index (χ1v) is 8.95. The molecule has 0 bridgehead atoms.